The third-order valence-corrected chi connectivity index (χ3v) is 3.33. The average molecular weight is 242 g/mol. The number of rotatable bonds is 6. The first-order valence-corrected chi connectivity index (χ1v) is 6.67. The molecule has 0 spiro atoms. The third kappa shape index (κ3) is 5.45. The van der Waals surface area contributed by atoms with E-state index in [1.54, 1.807) is 0 Å². The molecule has 0 saturated heterocycles. The molecule has 0 aromatic rings. The van der Waals surface area contributed by atoms with Crippen LogP contribution in [0.3, 0.4) is 0 Å². The number of unbranched alkanes of at least 4 members (excludes halogenated alkanes) is 1. The van der Waals surface area contributed by atoms with Crippen molar-refractivity contribution in [3.63, 3.8) is 0 Å². The van der Waals surface area contributed by atoms with Gasteiger partial charge in [-0.2, -0.15) is 0 Å². The molecular formula is C12H22N2OS. The predicted molar refractivity (Wildman–Crippen MR) is 70.2 cm³/mol. The molecule has 16 heavy (non-hydrogen) atoms. The van der Waals surface area contributed by atoms with Crippen LogP contribution in [0.1, 0.15) is 51.4 Å². The average Bonchev–Trinajstić information content (AvgIpc) is 2.29. The summed E-state index contributed by atoms with van der Waals surface area (Å²) >= 11 is 4.79. The minimum absolute atomic E-state index is 0.245. The van der Waals surface area contributed by atoms with E-state index < -0.39 is 0 Å². The molecule has 3 N–H and O–H groups in total. The van der Waals surface area contributed by atoms with Gasteiger partial charge >= 0.3 is 0 Å². The van der Waals surface area contributed by atoms with Gasteiger partial charge in [0.25, 0.3) is 0 Å². The molecule has 1 fully saturated rings. The Morgan fingerprint density at radius 1 is 1.25 bits per heavy atom. The Balaban J connectivity index is 2.03. The van der Waals surface area contributed by atoms with Gasteiger partial charge in [-0.3, -0.25) is 4.79 Å². The molecule has 0 radical (unpaired) electrons. The maximum atomic E-state index is 11.7. The van der Waals surface area contributed by atoms with Gasteiger partial charge in [0.2, 0.25) is 5.91 Å². The van der Waals surface area contributed by atoms with Gasteiger partial charge in [0.05, 0.1) is 4.99 Å². The number of carbonyl (C=O) groups is 1. The van der Waals surface area contributed by atoms with Gasteiger partial charge in [0.1, 0.15) is 0 Å². The van der Waals surface area contributed by atoms with Gasteiger partial charge in [-0.1, -0.05) is 31.5 Å². The van der Waals surface area contributed by atoms with Crippen LogP contribution in [0.5, 0.6) is 0 Å². The fourth-order valence-corrected chi connectivity index (χ4v) is 2.29. The summed E-state index contributed by atoms with van der Waals surface area (Å²) in [4.78, 5) is 12.3. The predicted octanol–water partition coefficient (Wildman–Crippen LogP) is 2.14. The van der Waals surface area contributed by atoms with Gasteiger partial charge in [0.15, 0.2) is 0 Å². The topological polar surface area (TPSA) is 55.1 Å². The smallest absolute Gasteiger partial charge is 0.223 e. The first-order valence-electron chi connectivity index (χ1n) is 6.26. The summed E-state index contributed by atoms with van der Waals surface area (Å²) in [6.07, 6.45) is 8.57. The molecule has 1 aliphatic carbocycles. The second-order valence-corrected chi connectivity index (χ2v) is 5.07. The quantitative estimate of drug-likeness (QED) is 0.554. The molecular weight excluding hydrogens is 220 g/mol. The van der Waals surface area contributed by atoms with E-state index in [0.717, 1.165) is 38.6 Å². The van der Waals surface area contributed by atoms with E-state index in [4.69, 9.17) is 18.0 Å². The lowest BCUT2D eigenvalue weighted by Gasteiger charge is -2.20. The van der Waals surface area contributed by atoms with Gasteiger partial charge < -0.3 is 11.1 Å². The van der Waals surface area contributed by atoms with E-state index >= 15 is 0 Å². The fraction of sp³-hybridized carbons (Fsp3) is 0.833. The van der Waals surface area contributed by atoms with Crippen LogP contribution in [0, 0.1) is 5.92 Å². The Morgan fingerprint density at radius 2 is 1.94 bits per heavy atom. The van der Waals surface area contributed by atoms with E-state index in [1.807, 2.05) is 0 Å². The molecule has 1 aliphatic rings. The third-order valence-electron chi connectivity index (χ3n) is 3.13. The maximum absolute atomic E-state index is 11.7. The van der Waals surface area contributed by atoms with Crippen LogP contribution in [-0.2, 0) is 4.79 Å². The second kappa shape index (κ2) is 7.60. The summed E-state index contributed by atoms with van der Waals surface area (Å²) in [5, 5.41) is 3.00. The molecule has 0 heterocycles. The van der Waals surface area contributed by atoms with Crippen molar-refractivity contribution in [3.05, 3.63) is 0 Å². The van der Waals surface area contributed by atoms with Crippen molar-refractivity contribution in [1.82, 2.24) is 5.32 Å². The molecule has 0 unspecified atom stereocenters. The molecule has 1 rings (SSSR count). The van der Waals surface area contributed by atoms with Crippen LogP contribution in [0.4, 0.5) is 0 Å². The Morgan fingerprint density at radius 3 is 2.56 bits per heavy atom. The number of hydrogen-bond donors (Lipinski definition) is 2. The van der Waals surface area contributed by atoms with E-state index in [0.29, 0.717) is 4.99 Å². The Hall–Kier alpha value is -0.640. The van der Waals surface area contributed by atoms with Crippen LogP contribution in [0.25, 0.3) is 0 Å². The SMILES string of the molecule is NC(=S)CCCCNC(=O)C1CCCCC1. The van der Waals surface area contributed by atoms with E-state index in [-0.39, 0.29) is 11.8 Å². The Bertz CT molecular complexity index is 237. The maximum Gasteiger partial charge on any atom is 0.223 e. The molecule has 1 saturated carbocycles. The van der Waals surface area contributed by atoms with E-state index in [1.165, 1.54) is 19.3 Å². The minimum atomic E-state index is 0.245. The Kier molecular flexibility index (Phi) is 6.38. The van der Waals surface area contributed by atoms with Crippen LogP contribution >= 0.6 is 12.2 Å². The lowest BCUT2D eigenvalue weighted by Crippen LogP contribution is -2.32. The largest absolute Gasteiger partial charge is 0.393 e. The molecule has 1 amide bonds. The summed E-state index contributed by atoms with van der Waals surface area (Å²) in [6.45, 7) is 0.762. The van der Waals surface area contributed by atoms with Crippen molar-refractivity contribution in [3.8, 4) is 0 Å². The highest BCUT2D eigenvalue weighted by Gasteiger charge is 2.20. The van der Waals surface area contributed by atoms with Crippen molar-refractivity contribution in [2.45, 2.75) is 51.4 Å². The zero-order chi connectivity index (χ0) is 11.8. The number of nitrogens with two attached hydrogens (primary N) is 1. The number of amides is 1. The van der Waals surface area contributed by atoms with E-state index in [2.05, 4.69) is 5.32 Å². The monoisotopic (exact) mass is 242 g/mol. The van der Waals surface area contributed by atoms with Crippen LogP contribution in [0.15, 0.2) is 0 Å². The molecule has 92 valence electrons. The number of carbonyl (C=O) groups excluding carboxylic acids is 1. The molecule has 4 heteroatoms. The highest BCUT2D eigenvalue weighted by atomic mass is 32.1. The molecule has 0 bridgehead atoms. The van der Waals surface area contributed by atoms with Crippen molar-refractivity contribution >= 4 is 23.1 Å². The zero-order valence-corrected chi connectivity index (χ0v) is 10.7. The van der Waals surface area contributed by atoms with Crippen molar-refractivity contribution in [2.24, 2.45) is 11.7 Å². The zero-order valence-electron chi connectivity index (χ0n) is 9.84. The summed E-state index contributed by atoms with van der Waals surface area (Å²) < 4.78 is 0. The first-order chi connectivity index (χ1) is 7.70. The highest BCUT2D eigenvalue weighted by molar-refractivity contribution is 7.80. The minimum Gasteiger partial charge on any atom is -0.393 e. The van der Waals surface area contributed by atoms with Crippen molar-refractivity contribution < 1.29 is 4.79 Å². The van der Waals surface area contributed by atoms with Crippen molar-refractivity contribution in [1.29, 1.82) is 0 Å². The molecule has 0 aromatic heterocycles. The molecule has 0 atom stereocenters. The first kappa shape index (κ1) is 13.4. The van der Waals surface area contributed by atoms with Crippen molar-refractivity contribution in [2.75, 3.05) is 6.54 Å². The number of thiocarbonyl (C=S) groups is 1. The van der Waals surface area contributed by atoms with Crippen LogP contribution < -0.4 is 11.1 Å². The van der Waals surface area contributed by atoms with Gasteiger partial charge in [-0.25, -0.2) is 0 Å². The normalized spacial score (nSPS) is 17.0. The second-order valence-electron chi connectivity index (χ2n) is 4.55. The lowest BCUT2D eigenvalue weighted by molar-refractivity contribution is -0.125. The van der Waals surface area contributed by atoms with Gasteiger partial charge in [-0.05, 0) is 32.1 Å². The van der Waals surface area contributed by atoms with Gasteiger partial charge in [-0.15, -0.1) is 0 Å². The number of hydrogen-bond acceptors (Lipinski definition) is 2. The lowest BCUT2D eigenvalue weighted by atomic mass is 9.89. The highest BCUT2D eigenvalue weighted by Crippen LogP contribution is 2.23. The van der Waals surface area contributed by atoms with Crippen LogP contribution in [-0.4, -0.2) is 17.4 Å². The number of nitrogens with one attached hydrogen (secondary N) is 1. The van der Waals surface area contributed by atoms with Gasteiger partial charge in [0, 0.05) is 12.5 Å². The summed E-state index contributed by atoms with van der Waals surface area (Å²) in [6, 6.07) is 0. The van der Waals surface area contributed by atoms with Crippen LogP contribution in [0.2, 0.25) is 0 Å². The van der Waals surface area contributed by atoms with E-state index in [9.17, 15) is 4.79 Å². The summed E-state index contributed by atoms with van der Waals surface area (Å²) in [5.74, 6) is 0.513. The standard InChI is InChI=1S/C12H22N2OS/c13-11(16)8-4-5-9-14-12(15)10-6-2-1-3-7-10/h10H,1-9H2,(H2,13,16)(H,14,15). The Labute approximate surface area is 103 Å². The molecule has 0 aromatic carbocycles. The molecule has 0 aliphatic heterocycles. The summed E-state index contributed by atoms with van der Waals surface area (Å²) in [5.41, 5.74) is 5.40. The molecule has 3 nitrogen and oxygen atoms in total. The summed E-state index contributed by atoms with van der Waals surface area (Å²) in [7, 11) is 0. The fourth-order valence-electron chi connectivity index (χ4n) is 2.14.